The van der Waals surface area contributed by atoms with Gasteiger partial charge in [-0.25, -0.2) is 4.79 Å². The van der Waals surface area contributed by atoms with E-state index in [1.807, 2.05) is 62.4 Å². The average Bonchev–Trinajstić information content (AvgIpc) is 2.83. The largest absolute Gasteiger partial charge is 0.493 e. The number of nitrogens with one attached hydrogen (secondary N) is 3. The average molecular weight is 448 g/mol. The maximum Gasteiger partial charge on any atom is 0.316 e. The molecule has 3 aromatic rings. The second kappa shape index (κ2) is 11.0. The molecule has 3 rings (SSSR count). The van der Waals surface area contributed by atoms with Gasteiger partial charge in [-0.2, -0.15) is 0 Å². The maximum atomic E-state index is 13.0. The molecule has 3 amide bonds. The zero-order valence-electron chi connectivity index (χ0n) is 19.2. The molecule has 172 valence electrons. The SMILES string of the molecule is COc1cc(C)c(C(C)NC(=O)NC(C(=O)Nc2ccccc2)c2ccccc2)cc1OC. The van der Waals surface area contributed by atoms with Crippen molar-refractivity contribution in [2.24, 2.45) is 0 Å². The van der Waals surface area contributed by atoms with Gasteiger partial charge in [-0.1, -0.05) is 48.5 Å². The molecule has 33 heavy (non-hydrogen) atoms. The van der Waals surface area contributed by atoms with Crippen LogP contribution in [0.2, 0.25) is 0 Å². The Morgan fingerprint density at radius 1 is 0.818 bits per heavy atom. The molecule has 2 atom stereocenters. The van der Waals surface area contributed by atoms with Crippen molar-refractivity contribution in [2.75, 3.05) is 19.5 Å². The highest BCUT2D eigenvalue weighted by molar-refractivity contribution is 5.97. The van der Waals surface area contributed by atoms with Crippen molar-refractivity contribution in [3.8, 4) is 11.5 Å². The maximum absolute atomic E-state index is 13.0. The van der Waals surface area contributed by atoms with E-state index in [1.165, 1.54) is 0 Å². The topological polar surface area (TPSA) is 88.7 Å². The van der Waals surface area contributed by atoms with Crippen LogP contribution in [0.25, 0.3) is 0 Å². The van der Waals surface area contributed by atoms with E-state index in [-0.39, 0.29) is 11.9 Å². The first-order valence-electron chi connectivity index (χ1n) is 10.6. The number of rotatable bonds is 8. The number of hydrogen-bond donors (Lipinski definition) is 3. The van der Waals surface area contributed by atoms with Gasteiger partial charge in [-0.05, 0) is 54.8 Å². The summed E-state index contributed by atoms with van der Waals surface area (Å²) in [6, 6.07) is 20.3. The summed E-state index contributed by atoms with van der Waals surface area (Å²) < 4.78 is 10.7. The summed E-state index contributed by atoms with van der Waals surface area (Å²) >= 11 is 0. The number of benzene rings is 3. The Labute approximate surface area is 194 Å². The molecule has 0 saturated heterocycles. The van der Waals surface area contributed by atoms with Gasteiger partial charge in [0.2, 0.25) is 0 Å². The minimum absolute atomic E-state index is 0.335. The molecule has 0 radical (unpaired) electrons. The standard InChI is InChI=1S/C26H29N3O4/c1-17-15-22(32-3)23(33-4)16-21(17)18(2)27-26(31)29-24(19-11-7-5-8-12-19)25(30)28-20-13-9-6-10-14-20/h5-16,18,24H,1-4H3,(H,28,30)(H2,27,29,31). The number of hydrogen-bond acceptors (Lipinski definition) is 4. The van der Waals surface area contributed by atoms with Gasteiger partial charge >= 0.3 is 6.03 Å². The van der Waals surface area contributed by atoms with Crippen molar-refractivity contribution in [2.45, 2.75) is 25.9 Å². The van der Waals surface area contributed by atoms with Crippen molar-refractivity contribution >= 4 is 17.6 Å². The molecule has 0 aliphatic carbocycles. The lowest BCUT2D eigenvalue weighted by Gasteiger charge is -2.23. The molecule has 0 saturated carbocycles. The van der Waals surface area contributed by atoms with Gasteiger partial charge in [0.15, 0.2) is 11.5 Å². The molecule has 3 N–H and O–H groups in total. The Balaban J connectivity index is 1.76. The quantitative estimate of drug-likeness (QED) is 0.465. The van der Waals surface area contributed by atoms with E-state index in [9.17, 15) is 9.59 Å². The van der Waals surface area contributed by atoms with Gasteiger partial charge in [-0.15, -0.1) is 0 Å². The third-order valence-electron chi connectivity index (χ3n) is 5.30. The van der Waals surface area contributed by atoms with Gasteiger partial charge in [0, 0.05) is 5.69 Å². The highest BCUT2D eigenvalue weighted by Crippen LogP contribution is 2.32. The zero-order chi connectivity index (χ0) is 23.8. The Hall–Kier alpha value is -4.00. The fourth-order valence-corrected chi connectivity index (χ4v) is 3.59. The van der Waals surface area contributed by atoms with Crippen molar-refractivity contribution in [3.05, 3.63) is 89.5 Å². The van der Waals surface area contributed by atoms with Crippen LogP contribution in [0.4, 0.5) is 10.5 Å². The Kier molecular flexibility index (Phi) is 7.91. The molecule has 2 unspecified atom stereocenters. The second-order valence-corrected chi connectivity index (χ2v) is 7.60. The zero-order valence-corrected chi connectivity index (χ0v) is 19.2. The minimum atomic E-state index is -0.870. The Morgan fingerprint density at radius 3 is 2.00 bits per heavy atom. The van der Waals surface area contributed by atoms with Gasteiger partial charge < -0.3 is 25.4 Å². The second-order valence-electron chi connectivity index (χ2n) is 7.60. The van der Waals surface area contributed by atoms with Crippen LogP contribution in [0.3, 0.4) is 0 Å². The minimum Gasteiger partial charge on any atom is -0.493 e. The van der Waals surface area contributed by atoms with Crippen LogP contribution in [-0.4, -0.2) is 26.2 Å². The number of aryl methyl sites for hydroxylation is 1. The number of anilines is 1. The van der Waals surface area contributed by atoms with Crippen molar-refractivity contribution in [3.63, 3.8) is 0 Å². The number of para-hydroxylation sites is 1. The highest BCUT2D eigenvalue weighted by atomic mass is 16.5. The van der Waals surface area contributed by atoms with Crippen LogP contribution in [0, 0.1) is 6.92 Å². The predicted octanol–water partition coefficient (Wildman–Crippen LogP) is 4.75. The number of methoxy groups -OCH3 is 2. The fourth-order valence-electron chi connectivity index (χ4n) is 3.59. The first-order chi connectivity index (χ1) is 15.9. The van der Waals surface area contributed by atoms with Crippen molar-refractivity contribution in [1.82, 2.24) is 10.6 Å². The van der Waals surface area contributed by atoms with Crippen molar-refractivity contribution in [1.29, 1.82) is 0 Å². The number of amides is 3. The number of urea groups is 1. The summed E-state index contributed by atoms with van der Waals surface area (Å²) in [4.78, 5) is 25.9. The Bertz CT molecular complexity index is 1090. The van der Waals surface area contributed by atoms with Gasteiger partial charge in [0.1, 0.15) is 6.04 Å². The molecule has 0 fully saturated rings. The molecule has 0 bridgehead atoms. The van der Waals surface area contributed by atoms with E-state index < -0.39 is 12.1 Å². The predicted molar refractivity (Wildman–Crippen MR) is 129 cm³/mol. The van der Waals surface area contributed by atoms with Gasteiger partial charge in [0.25, 0.3) is 5.91 Å². The van der Waals surface area contributed by atoms with E-state index in [1.54, 1.807) is 38.5 Å². The first kappa shape index (κ1) is 23.7. The molecule has 0 heterocycles. The van der Waals surface area contributed by atoms with Gasteiger partial charge in [-0.3, -0.25) is 4.79 Å². The molecule has 0 aliphatic rings. The van der Waals surface area contributed by atoms with E-state index >= 15 is 0 Å². The van der Waals surface area contributed by atoms with E-state index in [0.717, 1.165) is 11.1 Å². The first-order valence-corrected chi connectivity index (χ1v) is 10.6. The molecular formula is C26H29N3O4. The lowest BCUT2D eigenvalue weighted by Crippen LogP contribution is -2.43. The highest BCUT2D eigenvalue weighted by Gasteiger charge is 2.24. The van der Waals surface area contributed by atoms with Crippen LogP contribution < -0.4 is 25.4 Å². The smallest absolute Gasteiger partial charge is 0.316 e. The number of carbonyl (C=O) groups excluding carboxylic acids is 2. The van der Waals surface area contributed by atoms with Crippen LogP contribution in [0.5, 0.6) is 11.5 Å². The Morgan fingerprint density at radius 2 is 1.39 bits per heavy atom. The summed E-state index contributed by atoms with van der Waals surface area (Å²) in [6.07, 6.45) is 0. The van der Waals surface area contributed by atoms with Gasteiger partial charge in [0.05, 0.1) is 20.3 Å². The monoisotopic (exact) mass is 447 g/mol. The number of ether oxygens (including phenoxy) is 2. The van der Waals surface area contributed by atoms with E-state index in [0.29, 0.717) is 22.7 Å². The fraction of sp³-hybridized carbons (Fsp3) is 0.231. The number of carbonyl (C=O) groups is 2. The van der Waals surface area contributed by atoms with Crippen molar-refractivity contribution < 1.29 is 19.1 Å². The summed E-state index contributed by atoms with van der Waals surface area (Å²) in [5, 5.41) is 8.58. The lowest BCUT2D eigenvalue weighted by molar-refractivity contribution is -0.118. The lowest BCUT2D eigenvalue weighted by atomic mass is 10.0. The van der Waals surface area contributed by atoms with E-state index in [2.05, 4.69) is 16.0 Å². The third-order valence-corrected chi connectivity index (χ3v) is 5.30. The summed E-state index contributed by atoms with van der Waals surface area (Å²) in [7, 11) is 3.15. The van der Waals surface area contributed by atoms with E-state index in [4.69, 9.17) is 9.47 Å². The summed E-state index contributed by atoms with van der Waals surface area (Å²) in [6.45, 7) is 3.81. The molecule has 0 aromatic heterocycles. The van der Waals surface area contributed by atoms with Crippen LogP contribution >= 0.6 is 0 Å². The molecule has 3 aromatic carbocycles. The molecule has 7 heteroatoms. The molecule has 0 aliphatic heterocycles. The molecule has 0 spiro atoms. The molecular weight excluding hydrogens is 418 g/mol. The normalized spacial score (nSPS) is 12.2. The molecule has 7 nitrogen and oxygen atoms in total. The van der Waals surface area contributed by atoms with Crippen LogP contribution in [0.1, 0.15) is 35.7 Å². The summed E-state index contributed by atoms with van der Waals surface area (Å²) in [5.41, 5.74) is 3.16. The summed E-state index contributed by atoms with van der Waals surface area (Å²) in [5.74, 6) is 0.867. The van der Waals surface area contributed by atoms with Crippen LogP contribution in [0.15, 0.2) is 72.8 Å². The third kappa shape index (κ3) is 6.04. The van der Waals surface area contributed by atoms with Crippen LogP contribution in [-0.2, 0) is 4.79 Å².